The number of alkyl halides is 1. The normalized spacial score (nSPS) is 32.8. The molecule has 2 aliphatic heterocycles. The number of nitrogens with zero attached hydrogens (tertiary/aromatic N) is 1. The SMILES string of the molecule is CC(Cl)C1CCN(CC2CCC(C)(C)O2)CC1. The van der Waals surface area contributed by atoms with Crippen molar-refractivity contribution < 1.29 is 4.74 Å². The Balaban J connectivity index is 1.72. The minimum absolute atomic E-state index is 0.105. The van der Waals surface area contributed by atoms with Crippen LogP contribution in [0.2, 0.25) is 0 Å². The Kier molecular flexibility index (Phi) is 4.38. The molecule has 0 aromatic heterocycles. The topological polar surface area (TPSA) is 12.5 Å². The Morgan fingerprint density at radius 2 is 1.94 bits per heavy atom. The van der Waals surface area contributed by atoms with Gasteiger partial charge in [-0.3, -0.25) is 0 Å². The fourth-order valence-corrected chi connectivity index (χ4v) is 3.34. The Morgan fingerprint density at radius 1 is 1.29 bits per heavy atom. The molecule has 0 aromatic carbocycles. The molecule has 2 saturated heterocycles. The third-order valence-electron chi connectivity index (χ3n) is 4.30. The molecule has 2 rings (SSSR count). The molecule has 2 nitrogen and oxygen atoms in total. The largest absolute Gasteiger partial charge is 0.371 e. The molecule has 0 bridgehead atoms. The van der Waals surface area contributed by atoms with Crippen LogP contribution in [0.5, 0.6) is 0 Å². The molecule has 2 heterocycles. The summed E-state index contributed by atoms with van der Waals surface area (Å²) < 4.78 is 6.06. The van der Waals surface area contributed by atoms with Crippen molar-refractivity contribution in [1.29, 1.82) is 0 Å². The lowest BCUT2D eigenvalue weighted by Crippen LogP contribution is -2.40. The van der Waals surface area contributed by atoms with E-state index in [0.717, 1.165) is 6.54 Å². The third-order valence-corrected chi connectivity index (χ3v) is 4.65. The lowest BCUT2D eigenvalue weighted by atomic mass is 9.94. The second-order valence-corrected chi connectivity index (χ2v) is 7.04. The van der Waals surface area contributed by atoms with Gasteiger partial charge in [0.15, 0.2) is 0 Å². The van der Waals surface area contributed by atoms with Crippen molar-refractivity contribution in [2.45, 2.75) is 63.5 Å². The van der Waals surface area contributed by atoms with Crippen LogP contribution in [0.15, 0.2) is 0 Å². The van der Waals surface area contributed by atoms with Gasteiger partial charge in [-0.25, -0.2) is 0 Å². The number of halogens is 1. The predicted octanol–water partition coefficient (Wildman–Crippen LogP) is 3.28. The Morgan fingerprint density at radius 3 is 2.41 bits per heavy atom. The van der Waals surface area contributed by atoms with Crippen LogP contribution in [0, 0.1) is 5.92 Å². The molecule has 0 amide bonds. The van der Waals surface area contributed by atoms with Crippen molar-refractivity contribution in [3.05, 3.63) is 0 Å². The van der Waals surface area contributed by atoms with Crippen LogP contribution in [0.1, 0.15) is 46.5 Å². The first-order valence-electron chi connectivity index (χ1n) is 7.00. The molecule has 2 fully saturated rings. The Bertz CT molecular complexity index is 247. The quantitative estimate of drug-likeness (QED) is 0.722. The minimum atomic E-state index is 0.105. The maximum Gasteiger partial charge on any atom is 0.0710 e. The van der Waals surface area contributed by atoms with Crippen LogP contribution in [0.3, 0.4) is 0 Å². The molecular weight excluding hydrogens is 234 g/mol. The zero-order valence-corrected chi connectivity index (χ0v) is 12.2. The van der Waals surface area contributed by atoms with Crippen LogP contribution in [-0.2, 0) is 4.74 Å². The zero-order chi connectivity index (χ0) is 12.5. The molecule has 2 aliphatic rings. The fourth-order valence-electron chi connectivity index (χ4n) is 3.09. The first kappa shape index (κ1) is 13.6. The molecule has 0 radical (unpaired) electrons. The van der Waals surface area contributed by atoms with E-state index < -0.39 is 0 Å². The molecule has 0 aliphatic carbocycles. The summed E-state index contributed by atoms with van der Waals surface area (Å²) in [7, 11) is 0. The van der Waals surface area contributed by atoms with Crippen LogP contribution < -0.4 is 0 Å². The van der Waals surface area contributed by atoms with Crippen molar-refractivity contribution in [3.8, 4) is 0 Å². The van der Waals surface area contributed by atoms with Gasteiger partial charge in [-0.05, 0) is 65.5 Å². The monoisotopic (exact) mass is 259 g/mol. The molecule has 0 aromatic rings. The molecule has 2 unspecified atom stereocenters. The summed E-state index contributed by atoms with van der Waals surface area (Å²) in [5, 5.41) is 0.332. The van der Waals surface area contributed by atoms with Gasteiger partial charge < -0.3 is 9.64 Å². The summed E-state index contributed by atoms with van der Waals surface area (Å²) in [6.45, 7) is 10.0. The van der Waals surface area contributed by atoms with E-state index in [2.05, 4.69) is 25.7 Å². The van der Waals surface area contributed by atoms with Gasteiger partial charge in [-0.1, -0.05) is 0 Å². The summed E-state index contributed by atoms with van der Waals surface area (Å²) in [5.41, 5.74) is 0.105. The molecule has 0 saturated carbocycles. The first-order valence-corrected chi connectivity index (χ1v) is 7.44. The van der Waals surface area contributed by atoms with Gasteiger partial charge in [-0.15, -0.1) is 11.6 Å². The lowest BCUT2D eigenvalue weighted by Gasteiger charge is -2.34. The summed E-state index contributed by atoms with van der Waals surface area (Å²) in [6, 6.07) is 0. The van der Waals surface area contributed by atoms with Gasteiger partial charge in [0.05, 0.1) is 11.7 Å². The Labute approximate surface area is 111 Å². The first-order chi connectivity index (χ1) is 7.96. The second-order valence-electron chi connectivity index (χ2n) is 6.35. The highest BCUT2D eigenvalue weighted by Gasteiger charge is 2.33. The molecule has 17 heavy (non-hydrogen) atoms. The van der Waals surface area contributed by atoms with E-state index >= 15 is 0 Å². The van der Waals surface area contributed by atoms with E-state index in [0.29, 0.717) is 17.4 Å². The van der Waals surface area contributed by atoms with Crippen molar-refractivity contribution in [2.75, 3.05) is 19.6 Å². The molecule has 100 valence electrons. The molecule has 0 N–H and O–H groups in total. The number of hydrogen-bond acceptors (Lipinski definition) is 2. The average molecular weight is 260 g/mol. The van der Waals surface area contributed by atoms with Gasteiger partial charge in [0, 0.05) is 11.9 Å². The van der Waals surface area contributed by atoms with Gasteiger partial charge >= 0.3 is 0 Å². The van der Waals surface area contributed by atoms with Crippen LogP contribution in [-0.4, -0.2) is 41.6 Å². The maximum atomic E-state index is 6.17. The number of piperidine rings is 1. The fraction of sp³-hybridized carbons (Fsp3) is 1.00. The van der Waals surface area contributed by atoms with E-state index in [1.807, 2.05) is 0 Å². The summed E-state index contributed by atoms with van der Waals surface area (Å²) in [6.07, 6.45) is 5.38. The predicted molar refractivity (Wildman–Crippen MR) is 72.7 cm³/mol. The number of likely N-dealkylation sites (tertiary alicyclic amines) is 1. The smallest absolute Gasteiger partial charge is 0.0710 e. The second kappa shape index (κ2) is 5.46. The molecule has 2 atom stereocenters. The van der Waals surface area contributed by atoms with Crippen molar-refractivity contribution in [2.24, 2.45) is 5.92 Å². The number of ether oxygens (including phenoxy) is 1. The third kappa shape index (κ3) is 3.84. The summed E-state index contributed by atoms with van der Waals surface area (Å²) in [4.78, 5) is 2.56. The number of rotatable bonds is 3. The van der Waals surface area contributed by atoms with Gasteiger partial charge in [0.1, 0.15) is 0 Å². The van der Waals surface area contributed by atoms with Gasteiger partial charge in [0.2, 0.25) is 0 Å². The maximum absolute atomic E-state index is 6.17. The molecule has 3 heteroatoms. The van der Waals surface area contributed by atoms with Gasteiger partial charge in [-0.2, -0.15) is 0 Å². The van der Waals surface area contributed by atoms with Crippen molar-refractivity contribution in [3.63, 3.8) is 0 Å². The Hall–Kier alpha value is 0.210. The van der Waals surface area contributed by atoms with Gasteiger partial charge in [0.25, 0.3) is 0 Å². The van der Waals surface area contributed by atoms with E-state index in [1.165, 1.54) is 38.8 Å². The van der Waals surface area contributed by atoms with Crippen LogP contribution >= 0.6 is 11.6 Å². The highest BCUT2D eigenvalue weighted by molar-refractivity contribution is 6.20. The van der Waals surface area contributed by atoms with E-state index in [4.69, 9.17) is 16.3 Å². The minimum Gasteiger partial charge on any atom is -0.371 e. The van der Waals surface area contributed by atoms with E-state index in [1.54, 1.807) is 0 Å². The zero-order valence-electron chi connectivity index (χ0n) is 11.4. The molecular formula is C14H26ClNO. The van der Waals surface area contributed by atoms with Crippen molar-refractivity contribution >= 4 is 11.6 Å². The van der Waals surface area contributed by atoms with Crippen LogP contribution in [0.25, 0.3) is 0 Å². The molecule has 0 spiro atoms. The van der Waals surface area contributed by atoms with Crippen molar-refractivity contribution in [1.82, 2.24) is 4.90 Å². The highest BCUT2D eigenvalue weighted by atomic mass is 35.5. The average Bonchev–Trinajstić information content (AvgIpc) is 2.59. The summed E-state index contributed by atoms with van der Waals surface area (Å²) >= 11 is 6.17. The van der Waals surface area contributed by atoms with E-state index in [9.17, 15) is 0 Å². The highest BCUT2D eigenvalue weighted by Crippen LogP contribution is 2.31. The standard InChI is InChI=1S/C14H26ClNO/c1-11(15)12-5-8-16(9-6-12)10-13-4-7-14(2,3)17-13/h11-13H,4-10H2,1-3H3. The summed E-state index contributed by atoms with van der Waals surface area (Å²) in [5.74, 6) is 0.717. The van der Waals surface area contributed by atoms with Crippen LogP contribution in [0.4, 0.5) is 0 Å². The lowest BCUT2D eigenvalue weighted by molar-refractivity contribution is -0.0319. The van der Waals surface area contributed by atoms with E-state index in [-0.39, 0.29) is 5.60 Å². The number of hydrogen-bond donors (Lipinski definition) is 0.